The van der Waals surface area contributed by atoms with Gasteiger partial charge in [0.1, 0.15) is 60.9 Å². The molecule has 6 unspecified atom stereocenters. The summed E-state index contributed by atoms with van der Waals surface area (Å²) in [7, 11) is 0. The Morgan fingerprint density at radius 2 is 1.26 bits per heavy atom. The van der Waals surface area contributed by atoms with Crippen molar-refractivity contribution in [2.75, 3.05) is 6.61 Å². The van der Waals surface area contributed by atoms with Crippen molar-refractivity contribution in [3.63, 3.8) is 0 Å². The summed E-state index contributed by atoms with van der Waals surface area (Å²) in [4.78, 5) is 52.8. The zero-order valence-electron chi connectivity index (χ0n) is 35.6. The highest BCUT2D eigenvalue weighted by Gasteiger charge is 2.53. The average molecular weight is 871 g/mol. The minimum atomic E-state index is -1.85. The molecular weight excluding hydrogens is 804 g/mol. The van der Waals surface area contributed by atoms with Crippen LogP contribution in [0, 0.1) is 11.8 Å². The van der Waals surface area contributed by atoms with Crippen LogP contribution < -0.4 is 21.9 Å². The number of aromatic nitrogens is 2. The van der Waals surface area contributed by atoms with Gasteiger partial charge in [-0.15, -0.1) is 0 Å². The molecule has 0 aliphatic carbocycles. The van der Waals surface area contributed by atoms with Crippen LogP contribution in [0.15, 0.2) is 45.2 Å². The van der Waals surface area contributed by atoms with E-state index in [1.165, 1.54) is 0 Å². The number of hydrogen-bond acceptors (Lipinski definition) is 16. The van der Waals surface area contributed by atoms with E-state index in [4.69, 9.17) is 18.9 Å². The molecule has 3 aliphatic heterocycles. The molecule has 3 fully saturated rings. The summed E-state index contributed by atoms with van der Waals surface area (Å²) in [6, 6.07) is -2.02. The van der Waals surface area contributed by atoms with E-state index in [1.54, 1.807) is 0 Å². The van der Waals surface area contributed by atoms with Gasteiger partial charge in [0.15, 0.2) is 18.8 Å². The molecule has 20 nitrogen and oxygen atoms in total. The number of hydrogen-bond donors (Lipinski definition) is 11. The maximum atomic E-state index is 13.4. The third kappa shape index (κ3) is 13.6. The van der Waals surface area contributed by atoms with Crippen LogP contribution in [0.5, 0.6) is 0 Å². The van der Waals surface area contributed by atoms with E-state index in [9.17, 15) is 60.0 Å². The molecule has 3 saturated heterocycles. The first kappa shape index (κ1) is 50.3. The van der Waals surface area contributed by atoms with E-state index in [2.05, 4.69) is 10.6 Å². The van der Waals surface area contributed by atoms with E-state index in [1.807, 2.05) is 58.7 Å². The fourth-order valence-electron chi connectivity index (χ4n) is 7.75. The Hall–Kier alpha value is -3.38. The number of allylic oxidation sites excluding steroid dienone is 4. The van der Waals surface area contributed by atoms with Crippen LogP contribution in [0.2, 0.25) is 0 Å². The maximum absolute atomic E-state index is 13.4. The first-order chi connectivity index (χ1) is 28.7. The molecule has 11 N–H and O–H groups in total. The van der Waals surface area contributed by atoms with Crippen LogP contribution in [0.1, 0.15) is 92.7 Å². The minimum Gasteiger partial charge on any atom is -0.394 e. The second kappa shape index (κ2) is 22.8. The van der Waals surface area contributed by atoms with Crippen molar-refractivity contribution in [3.05, 3.63) is 56.4 Å². The van der Waals surface area contributed by atoms with Crippen LogP contribution in [0.4, 0.5) is 0 Å². The monoisotopic (exact) mass is 870 g/mol. The Balaban J connectivity index is 1.59. The lowest BCUT2D eigenvalue weighted by Crippen LogP contribution is -2.69. The topological polar surface area (TPSA) is 312 Å². The van der Waals surface area contributed by atoms with Crippen molar-refractivity contribution in [1.82, 2.24) is 20.2 Å². The summed E-state index contributed by atoms with van der Waals surface area (Å²) < 4.78 is 24.6. The number of carbonyl (C=O) groups is 2. The highest BCUT2D eigenvalue weighted by atomic mass is 16.8. The largest absolute Gasteiger partial charge is 0.394 e. The quantitative estimate of drug-likeness (QED) is 0.0693. The first-order valence-corrected chi connectivity index (χ1v) is 20.9. The van der Waals surface area contributed by atoms with Crippen molar-refractivity contribution < 1.29 is 69.4 Å². The van der Waals surface area contributed by atoms with E-state index in [0.29, 0.717) is 12.8 Å². The predicted octanol–water partition coefficient (Wildman–Crippen LogP) is -1.68. The molecule has 0 spiro atoms. The molecule has 2 amide bonds. The maximum Gasteiger partial charge on any atom is 0.330 e. The molecule has 0 saturated carbocycles. The zero-order valence-corrected chi connectivity index (χ0v) is 35.6. The van der Waals surface area contributed by atoms with Gasteiger partial charge in [0.2, 0.25) is 11.8 Å². The first-order valence-electron chi connectivity index (χ1n) is 20.9. The minimum absolute atomic E-state index is 0.00543. The summed E-state index contributed by atoms with van der Waals surface area (Å²) in [6.45, 7) is 10.8. The lowest BCUT2D eigenvalue weighted by Gasteiger charge is -2.47. The smallest absolute Gasteiger partial charge is 0.330 e. The molecule has 0 radical (unpaired) electrons. The zero-order chi connectivity index (χ0) is 45.3. The number of aliphatic hydroxyl groups is 8. The summed E-state index contributed by atoms with van der Waals surface area (Å²) in [5, 5.41) is 93.2. The molecule has 17 atom stereocenters. The summed E-state index contributed by atoms with van der Waals surface area (Å²) in [5.74, 6) is -1.26. The van der Waals surface area contributed by atoms with Gasteiger partial charge in [-0.3, -0.25) is 23.9 Å². The van der Waals surface area contributed by atoms with Crippen LogP contribution in [-0.2, 0) is 28.5 Å². The number of nitrogens with one attached hydrogen (secondary N) is 3. The molecule has 3 aliphatic rings. The van der Waals surface area contributed by atoms with Gasteiger partial charge in [0.05, 0.1) is 18.8 Å². The van der Waals surface area contributed by atoms with Crippen LogP contribution in [0.25, 0.3) is 0 Å². The van der Waals surface area contributed by atoms with Crippen LogP contribution in [-0.4, -0.2) is 155 Å². The summed E-state index contributed by atoms with van der Waals surface area (Å²) >= 11 is 0. The molecular formula is C41H66N4O16. The van der Waals surface area contributed by atoms with Gasteiger partial charge in [-0.1, -0.05) is 37.1 Å². The fourth-order valence-corrected chi connectivity index (χ4v) is 7.75. The second-order valence-corrected chi connectivity index (χ2v) is 17.2. The third-order valence-electron chi connectivity index (χ3n) is 11.3. The number of ether oxygens (including phenoxy) is 4. The molecule has 4 rings (SSSR count). The van der Waals surface area contributed by atoms with Crippen LogP contribution >= 0.6 is 0 Å². The lowest BCUT2D eigenvalue weighted by molar-refractivity contribution is -0.347. The Bertz CT molecular complexity index is 1760. The molecule has 1 aromatic rings. The normalized spacial score (nSPS) is 34.2. The van der Waals surface area contributed by atoms with Gasteiger partial charge >= 0.3 is 5.69 Å². The molecule has 4 heterocycles. The van der Waals surface area contributed by atoms with Crippen molar-refractivity contribution >= 4 is 11.8 Å². The number of amides is 2. The van der Waals surface area contributed by atoms with Gasteiger partial charge in [-0.2, -0.15) is 0 Å². The van der Waals surface area contributed by atoms with Crippen molar-refractivity contribution in [3.8, 4) is 0 Å². The summed E-state index contributed by atoms with van der Waals surface area (Å²) in [6.07, 6.45) is -14.6. The molecule has 20 heteroatoms. The number of H-pyrrole nitrogens is 1. The lowest BCUT2D eigenvalue weighted by atomic mass is 9.90. The second-order valence-electron chi connectivity index (χ2n) is 17.2. The van der Waals surface area contributed by atoms with Crippen molar-refractivity contribution in [2.45, 2.75) is 178 Å². The average Bonchev–Trinajstić information content (AvgIpc) is 3.47. The van der Waals surface area contributed by atoms with Crippen molar-refractivity contribution in [2.24, 2.45) is 11.8 Å². The van der Waals surface area contributed by atoms with E-state index < -0.39 is 128 Å². The number of aromatic amines is 1. The van der Waals surface area contributed by atoms with Gasteiger partial charge in [-0.25, -0.2) is 4.79 Å². The standard InChI is InChI=1S/C41H66N4O16/c1-19(2)9-7-11-21(5)15-27(49)42-29-33(53)31(51)24(17-23(47)37-35(55)36(56)38(60-37)45-14-13-26(48)44-41(45)57)58-39(29)61-40-30(34(54)32(52)25(18-46)59-40)43-28(50)16-22(6)12-8-10-20(3)4/h9-10,13-14,21-25,29-40,46-47,51-56H,7-8,11-12,15-18H2,1-6H3,(H,42,49)(H,43,50)(H,44,48,57)/t21-,22-,23+,24?,25-,29+,30?,31?,32+,33?,34?,35-,36+,37+,38+,39-,40?/m0/s1. The number of aliphatic hydroxyl groups excluding tert-OH is 8. The van der Waals surface area contributed by atoms with Crippen molar-refractivity contribution in [1.29, 1.82) is 0 Å². The van der Waals surface area contributed by atoms with Gasteiger partial charge < -0.3 is 70.4 Å². The van der Waals surface area contributed by atoms with Gasteiger partial charge in [0, 0.05) is 31.5 Å². The summed E-state index contributed by atoms with van der Waals surface area (Å²) in [5.41, 5.74) is 0.569. The highest BCUT2D eigenvalue weighted by Crippen LogP contribution is 2.35. The Morgan fingerprint density at radius 3 is 1.74 bits per heavy atom. The Kier molecular flexibility index (Phi) is 18.8. The Labute approximate surface area is 354 Å². The molecule has 61 heavy (non-hydrogen) atoms. The van der Waals surface area contributed by atoms with Gasteiger partial charge in [0.25, 0.3) is 5.56 Å². The highest BCUT2D eigenvalue weighted by molar-refractivity contribution is 5.77. The fraction of sp³-hybridized carbons (Fsp3) is 0.756. The number of rotatable bonds is 19. The molecule has 346 valence electrons. The van der Waals surface area contributed by atoms with Crippen LogP contribution in [0.3, 0.4) is 0 Å². The molecule has 0 bridgehead atoms. The number of nitrogens with zero attached hydrogens (tertiary/aromatic N) is 1. The van der Waals surface area contributed by atoms with E-state index >= 15 is 0 Å². The SMILES string of the molecule is CC(C)=CCC[C@H](C)CC(=O)NC1C(O[C@@H]2OC(C[C@@H](O)[C@H]3O[C@@H](n4ccc(=O)[nH]c4=O)[C@H](O)[C@@H]3O)C(O)C(O)[C@H]2NC(=O)C[C@@H](C)CCC=C(C)C)O[C@@H](CO)[C@@H](O)C1O. The number of carbonyl (C=O) groups excluding carboxylic acids is 2. The predicted molar refractivity (Wildman–Crippen MR) is 216 cm³/mol. The molecule has 1 aromatic heterocycles. The third-order valence-corrected chi connectivity index (χ3v) is 11.3. The van der Waals surface area contributed by atoms with E-state index in [-0.39, 0.29) is 24.7 Å². The molecule has 0 aromatic carbocycles. The Morgan fingerprint density at radius 1 is 0.770 bits per heavy atom. The van der Waals surface area contributed by atoms with E-state index in [0.717, 1.165) is 40.8 Å². The van der Waals surface area contributed by atoms with Gasteiger partial charge in [-0.05, 0) is 65.2 Å².